The molecule has 18 heavy (non-hydrogen) atoms. The number of hydrogen-bond acceptors (Lipinski definition) is 3. The van der Waals surface area contributed by atoms with Gasteiger partial charge >= 0.3 is 0 Å². The number of carbonyl (C=O) groups excluding carboxylic acids is 1. The second kappa shape index (κ2) is 6.76. The Bertz CT molecular complexity index is 389. The lowest BCUT2D eigenvalue weighted by molar-refractivity contribution is -0.112. The van der Waals surface area contributed by atoms with Gasteiger partial charge in [-0.1, -0.05) is 17.7 Å². The van der Waals surface area contributed by atoms with E-state index in [0.717, 1.165) is 44.5 Å². The van der Waals surface area contributed by atoms with E-state index >= 15 is 0 Å². The van der Waals surface area contributed by atoms with Crippen LogP contribution in [0.3, 0.4) is 0 Å². The Morgan fingerprint density at radius 1 is 1.39 bits per heavy atom. The second-order valence-corrected chi connectivity index (χ2v) is 5.06. The maximum Gasteiger partial charge on any atom is 0.123 e. The van der Waals surface area contributed by atoms with Crippen molar-refractivity contribution in [2.75, 3.05) is 26.2 Å². The fraction of sp³-hybridized carbons (Fsp3) is 0.500. The first-order chi connectivity index (χ1) is 8.78. The van der Waals surface area contributed by atoms with Gasteiger partial charge in [0, 0.05) is 17.5 Å². The minimum atomic E-state index is 0.259. The molecule has 0 bridgehead atoms. The summed E-state index contributed by atoms with van der Waals surface area (Å²) in [4.78, 5) is 13.0. The molecule has 0 radical (unpaired) electrons. The number of piperidine rings is 1. The van der Waals surface area contributed by atoms with Crippen LogP contribution < -0.4 is 4.74 Å². The van der Waals surface area contributed by atoms with Gasteiger partial charge in [-0.2, -0.15) is 0 Å². The highest BCUT2D eigenvalue weighted by Crippen LogP contribution is 2.18. The smallest absolute Gasteiger partial charge is 0.123 e. The molecule has 3 nitrogen and oxygen atoms in total. The molecule has 1 saturated heterocycles. The lowest BCUT2D eigenvalue weighted by Gasteiger charge is -2.29. The molecule has 1 aliphatic heterocycles. The van der Waals surface area contributed by atoms with E-state index in [1.54, 1.807) is 0 Å². The fourth-order valence-electron chi connectivity index (χ4n) is 2.16. The van der Waals surface area contributed by atoms with Crippen LogP contribution in [0.5, 0.6) is 5.75 Å². The second-order valence-electron chi connectivity index (χ2n) is 4.62. The molecular weight excluding hydrogens is 250 g/mol. The van der Waals surface area contributed by atoms with Crippen molar-refractivity contribution < 1.29 is 9.53 Å². The molecular formula is C14H18ClNO2. The molecule has 0 N–H and O–H groups in total. The Morgan fingerprint density at radius 2 is 2.17 bits per heavy atom. The summed E-state index contributed by atoms with van der Waals surface area (Å²) < 4.78 is 5.65. The van der Waals surface area contributed by atoms with Crippen LogP contribution in [0.2, 0.25) is 5.02 Å². The number of rotatable bonds is 5. The maximum atomic E-state index is 10.6. The summed E-state index contributed by atoms with van der Waals surface area (Å²) >= 11 is 5.88. The summed E-state index contributed by atoms with van der Waals surface area (Å²) in [7, 11) is 0. The molecule has 0 aromatic heterocycles. The molecule has 1 aromatic carbocycles. The van der Waals surface area contributed by atoms with Gasteiger partial charge in [0.2, 0.25) is 0 Å². The van der Waals surface area contributed by atoms with E-state index in [-0.39, 0.29) is 5.92 Å². The molecule has 1 aliphatic rings. The molecule has 0 unspecified atom stereocenters. The number of hydrogen-bond donors (Lipinski definition) is 0. The van der Waals surface area contributed by atoms with Crippen LogP contribution in [0.4, 0.5) is 0 Å². The molecule has 1 aromatic rings. The van der Waals surface area contributed by atoms with Crippen LogP contribution in [0.15, 0.2) is 24.3 Å². The highest BCUT2D eigenvalue weighted by atomic mass is 35.5. The molecule has 98 valence electrons. The van der Waals surface area contributed by atoms with Crippen molar-refractivity contribution in [2.24, 2.45) is 5.92 Å². The van der Waals surface area contributed by atoms with E-state index in [4.69, 9.17) is 16.3 Å². The van der Waals surface area contributed by atoms with Crippen LogP contribution in [-0.4, -0.2) is 37.4 Å². The molecule has 1 heterocycles. The topological polar surface area (TPSA) is 29.5 Å². The van der Waals surface area contributed by atoms with E-state index in [0.29, 0.717) is 11.6 Å². The van der Waals surface area contributed by atoms with Gasteiger partial charge < -0.3 is 9.53 Å². The SMILES string of the molecule is O=CC1CCN(CCOc2cccc(Cl)c2)CC1. The average Bonchev–Trinajstić information content (AvgIpc) is 2.40. The quantitative estimate of drug-likeness (QED) is 0.768. The highest BCUT2D eigenvalue weighted by Gasteiger charge is 2.17. The molecule has 0 saturated carbocycles. The van der Waals surface area contributed by atoms with Crippen molar-refractivity contribution in [3.63, 3.8) is 0 Å². The third-order valence-corrected chi connectivity index (χ3v) is 3.53. The van der Waals surface area contributed by atoms with Crippen LogP contribution in [0.25, 0.3) is 0 Å². The number of halogens is 1. The van der Waals surface area contributed by atoms with E-state index in [2.05, 4.69) is 4.90 Å². The van der Waals surface area contributed by atoms with Gasteiger partial charge in [-0.15, -0.1) is 0 Å². The zero-order chi connectivity index (χ0) is 12.8. The van der Waals surface area contributed by atoms with E-state index in [1.165, 1.54) is 0 Å². The zero-order valence-electron chi connectivity index (χ0n) is 10.3. The van der Waals surface area contributed by atoms with Gasteiger partial charge in [0.25, 0.3) is 0 Å². The number of aldehydes is 1. The van der Waals surface area contributed by atoms with Crippen LogP contribution >= 0.6 is 11.6 Å². The number of nitrogens with zero attached hydrogens (tertiary/aromatic N) is 1. The van der Waals surface area contributed by atoms with E-state index in [9.17, 15) is 4.79 Å². The van der Waals surface area contributed by atoms with Gasteiger partial charge in [-0.3, -0.25) is 4.90 Å². The van der Waals surface area contributed by atoms with Crippen molar-refractivity contribution in [3.05, 3.63) is 29.3 Å². The zero-order valence-corrected chi connectivity index (χ0v) is 11.1. The monoisotopic (exact) mass is 267 g/mol. The van der Waals surface area contributed by atoms with Crippen LogP contribution in [0, 0.1) is 5.92 Å². The Hall–Kier alpha value is -1.06. The molecule has 2 rings (SSSR count). The summed E-state index contributed by atoms with van der Waals surface area (Å²) in [5, 5.41) is 0.694. The minimum Gasteiger partial charge on any atom is -0.492 e. The summed E-state index contributed by atoms with van der Waals surface area (Å²) in [5.74, 6) is 1.07. The van der Waals surface area contributed by atoms with E-state index in [1.807, 2.05) is 24.3 Å². The van der Waals surface area contributed by atoms with Crippen LogP contribution in [-0.2, 0) is 4.79 Å². The first-order valence-electron chi connectivity index (χ1n) is 6.34. The molecule has 0 amide bonds. The predicted molar refractivity (Wildman–Crippen MR) is 72.2 cm³/mol. The summed E-state index contributed by atoms with van der Waals surface area (Å²) in [6.07, 6.45) is 3.03. The third kappa shape index (κ3) is 4.00. The Kier molecular flexibility index (Phi) is 5.02. The number of carbonyl (C=O) groups is 1. The minimum absolute atomic E-state index is 0.259. The molecule has 0 aliphatic carbocycles. The Morgan fingerprint density at radius 3 is 2.83 bits per heavy atom. The first kappa shape index (κ1) is 13.4. The Labute approximate surface area is 113 Å². The number of ether oxygens (including phenoxy) is 1. The molecule has 0 atom stereocenters. The molecule has 0 spiro atoms. The maximum absolute atomic E-state index is 10.6. The highest BCUT2D eigenvalue weighted by molar-refractivity contribution is 6.30. The van der Waals surface area contributed by atoms with Crippen molar-refractivity contribution >= 4 is 17.9 Å². The van der Waals surface area contributed by atoms with Gasteiger partial charge in [0.15, 0.2) is 0 Å². The standard InChI is InChI=1S/C14H18ClNO2/c15-13-2-1-3-14(10-13)18-9-8-16-6-4-12(11-17)5-7-16/h1-3,10-12H,4-9H2. The Balaban J connectivity index is 1.68. The fourth-order valence-corrected chi connectivity index (χ4v) is 2.34. The molecule has 1 fully saturated rings. The van der Waals surface area contributed by atoms with Gasteiger partial charge in [-0.25, -0.2) is 0 Å². The normalized spacial score (nSPS) is 17.6. The summed E-state index contributed by atoms with van der Waals surface area (Å²) in [5.41, 5.74) is 0. The van der Waals surface area contributed by atoms with E-state index < -0.39 is 0 Å². The largest absolute Gasteiger partial charge is 0.492 e. The molecule has 4 heteroatoms. The average molecular weight is 268 g/mol. The van der Waals surface area contributed by atoms with Gasteiger partial charge in [0.05, 0.1) is 0 Å². The lowest BCUT2D eigenvalue weighted by Crippen LogP contribution is -2.36. The van der Waals surface area contributed by atoms with Crippen molar-refractivity contribution in [2.45, 2.75) is 12.8 Å². The first-order valence-corrected chi connectivity index (χ1v) is 6.72. The van der Waals surface area contributed by atoms with Gasteiger partial charge in [0.1, 0.15) is 18.6 Å². The third-order valence-electron chi connectivity index (χ3n) is 3.30. The summed E-state index contributed by atoms with van der Waals surface area (Å²) in [6, 6.07) is 7.44. The van der Waals surface area contributed by atoms with Crippen molar-refractivity contribution in [1.29, 1.82) is 0 Å². The summed E-state index contributed by atoms with van der Waals surface area (Å²) in [6.45, 7) is 3.54. The van der Waals surface area contributed by atoms with Crippen LogP contribution in [0.1, 0.15) is 12.8 Å². The van der Waals surface area contributed by atoms with Crippen molar-refractivity contribution in [3.8, 4) is 5.75 Å². The number of likely N-dealkylation sites (tertiary alicyclic amines) is 1. The predicted octanol–water partition coefficient (Wildman–Crippen LogP) is 2.63. The van der Waals surface area contributed by atoms with Gasteiger partial charge in [-0.05, 0) is 44.1 Å². The van der Waals surface area contributed by atoms with Crippen molar-refractivity contribution in [1.82, 2.24) is 4.90 Å². The number of benzene rings is 1. The lowest BCUT2D eigenvalue weighted by atomic mass is 9.99.